The van der Waals surface area contributed by atoms with E-state index in [9.17, 15) is 14.4 Å². The van der Waals surface area contributed by atoms with E-state index >= 15 is 0 Å². The van der Waals surface area contributed by atoms with Crippen LogP contribution in [0.25, 0.3) is 0 Å². The summed E-state index contributed by atoms with van der Waals surface area (Å²) in [5.74, 6) is -0.390. The van der Waals surface area contributed by atoms with Gasteiger partial charge in [0.25, 0.3) is 11.8 Å². The molecule has 3 aliphatic rings. The summed E-state index contributed by atoms with van der Waals surface area (Å²) in [6.07, 6.45) is 5.00. The molecule has 0 radical (unpaired) electrons. The normalized spacial score (nSPS) is 18.4. The van der Waals surface area contributed by atoms with E-state index in [2.05, 4.69) is 9.88 Å². The number of carbonyl (C=O) groups excluding carboxylic acids is 3. The molecule has 36 heavy (non-hydrogen) atoms. The van der Waals surface area contributed by atoms with Gasteiger partial charge < -0.3 is 9.80 Å². The maximum absolute atomic E-state index is 13.5. The first-order chi connectivity index (χ1) is 17.5. The van der Waals surface area contributed by atoms with Crippen LogP contribution in [0.1, 0.15) is 44.7 Å². The van der Waals surface area contributed by atoms with Crippen LogP contribution in [-0.4, -0.2) is 58.7 Å². The molecule has 7 nitrogen and oxygen atoms in total. The van der Waals surface area contributed by atoms with Gasteiger partial charge in [-0.3, -0.25) is 24.3 Å². The number of halogens is 1. The first-order valence-electron chi connectivity index (χ1n) is 12.2. The molecule has 1 aliphatic carbocycles. The van der Waals surface area contributed by atoms with Crippen LogP contribution in [0.5, 0.6) is 0 Å². The molecule has 1 saturated carbocycles. The van der Waals surface area contributed by atoms with Crippen LogP contribution in [0, 0.1) is 0 Å². The number of piperazine rings is 1. The Hall–Kier alpha value is -3.71. The molecule has 0 atom stereocenters. The summed E-state index contributed by atoms with van der Waals surface area (Å²) in [4.78, 5) is 49.3. The molecular formula is C28H25ClN4O3. The van der Waals surface area contributed by atoms with Crippen LogP contribution < -0.4 is 4.90 Å². The van der Waals surface area contributed by atoms with Gasteiger partial charge in [-0.2, -0.15) is 0 Å². The molecule has 2 aliphatic heterocycles. The Kier molecular flexibility index (Phi) is 5.52. The molecule has 3 amide bonds. The summed E-state index contributed by atoms with van der Waals surface area (Å²) >= 11 is 6.04. The number of pyridine rings is 1. The van der Waals surface area contributed by atoms with Crippen LogP contribution in [0.2, 0.25) is 5.02 Å². The summed E-state index contributed by atoms with van der Waals surface area (Å²) in [7, 11) is 0. The molecule has 2 fully saturated rings. The molecule has 0 bridgehead atoms. The number of fused-ring (bicyclic) bond motifs is 1. The van der Waals surface area contributed by atoms with Crippen LogP contribution in [0.3, 0.4) is 0 Å². The van der Waals surface area contributed by atoms with Crippen molar-refractivity contribution in [2.45, 2.75) is 24.8 Å². The van der Waals surface area contributed by atoms with Gasteiger partial charge in [0, 0.05) is 43.6 Å². The molecule has 6 rings (SSSR count). The monoisotopic (exact) mass is 500 g/mol. The van der Waals surface area contributed by atoms with Crippen molar-refractivity contribution in [3.63, 3.8) is 0 Å². The van der Waals surface area contributed by atoms with E-state index in [-0.39, 0.29) is 24.3 Å². The SMILES string of the molecule is O=C1c2cccc(N3CCN(C(=O)C4(c5ccc(Cl)cc5)CC4)CC3)c2C(=O)N1Cc1ccncc1. The molecular weight excluding hydrogens is 476 g/mol. The third kappa shape index (κ3) is 3.75. The van der Waals surface area contributed by atoms with Crippen molar-refractivity contribution in [3.05, 3.63) is 94.3 Å². The Labute approximate surface area is 214 Å². The minimum atomic E-state index is -0.434. The number of rotatable bonds is 5. The molecule has 3 heterocycles. The lowest BCUT2D eigenvalue weighted by atomic mass is 9.94. The fraction of sp³-hybridized carbons (Fsp3) is 0.286. The highest BCUT2D eigenvalue weighted by Crippen LogP contribution is 2.50. The molecule has 1 aromatic heterocycles. The van der Waals surface area contributed by atoms with E-state index in [1.165, 1.54) is 4.90 Å². The first kappa shape index (κ1) is 22.7. The quantitative estimate of drug-likeness (QED) is 0.497. The van der Waals surface area contributed by atoms with Crippen molar-refractivity contribution in [2.75, 3.05) is 31.1 Å². The Morgan fingerprint density at radius 2 is 1.58 bits per heavy atom. The lowest BCUT2D eigenvalue weighted by Crippen LogP contribution is -2.52. The highest BCUT2D eigenvalue weighted by molar-refractivity contribution is 6.30. The molecule has 182 valence electrons. The number of nitrogens with zero attached hydrogens (tertiary/aromatic N) is 4. The Balaban J connectivity index is 1.18. The van der Waals surface area contributed by atoms with Crippen molar-refractivity contribution >= 4 is 35.0 Å². The van der Waals surface area contributed by atoms with E-state index in [4.69, 9.17) is 11.6 Å². The lowest BCUT2D eigenvalue weighted by molar-refractivity contribution is -0.134. The molecule has 3 aromatic rings. The van der Waals surface area contributed by atoms with Crippen molar-refractivity contribution in [3.8, 4) is 0 Å². The van der Waals surface area contributed by atoms with E-state index in [0.717, 1.165) is 29.7 Å². The summed E-state index contributed by atoms with van der Waals surface area (Å²) in [6, 6.07) is 16.6. The molecule has 8 heteroatoms. The van der Waals surface area contributed by atoms with E-state index in [1.54, 1.807) is 30.6 Å². The minimum absolute atomic E-state index is 0.164. The number of carbonyl (C=O) groups is 3. The highest BCUT2D eigenvalue weighted by atomic mass is 35.5. The van der Waals surface area contributed by atoms with Crippen LogP contribution in [0.4, 0.5) is 5.69 Å². The largest absolute Gasteiger partial charge is 0.367 e. The van der Waals surface area contributed by atoms with Crippen molar-refractivity contribution in [2.24, 2.45) is 0 Å². The van der Waals surface area contributed by atoms with Gasteiger partial charge in [-0.05, 0) is 60.4 Å². The zero-order valence-electron chi connectivity index (χ0n) is 19.7. The first-order valence-corrected chi connectivity index (χ1v) is 12.5. The molecule has 0 spiro atoms. The minimum Gasteiger partial charge on any atom is -0.367 e. The van der Waals surface area contributed by atoms with Gasteiger partial charge in [0.15, 0.2) is 0 Å². The van der Waals surface area contributed by atoms with E-state index < -0.39 is 5.41 Å². The summed E-state index contributed by atoms with van der Waals surface area (Å²) in [5, 5.41) is 0.665. The second kappa shape index (κ2) is 8.75. The fourth-order valence-electron chi connectivity index (χ4n) is 5.37. The number of aromatic nitrogens is 1. The standard InChI is InChI=1S/C28H25ClN4O3/c29-21-6-4-20(5-7-21)28(10-11-28)27(36)32-16-14-31(15-17-32)23-3-1-2-22-24(23)26(35)33(25(22)34)18-19-8-12-30-13-9-19/h1-9,12-13H,10-11,14-18H2. The Morgan fingerprint density at radius 3 is 2.25 bits per heavy atom. The van der Waals surface area contributed by atoms with Gasteiger partial charge in [-0.1, -0.05) is 29.8 Å². The second-order valence-corrected chi connectivity index (χ2v) is 10.1. The van der Waals surface area contributed by atoms with E-state index in [1.807, 2.05) is 41.3 Å². The smallest absolute Gasteiger partial charge is 0.263 e. The van der Waals surface area contributed by atoms with Crippen LogP contribution in [0.15, 0.2) is 67.0 Å². The number of hydrogen-bond acceptors (Lipinski definition) is 5. The zero-order valence-corrected chi connectivity index (χ0v) is 20.4. The van der Waals surface area contributed by atoms with Crippen molar-refractivity contribution in [1.29, 1.82) is 0 Å². The number of imide groups is 1. The average molecular weight is 501 g/mol. The van der Waals surface area contributed by atoms with Crippen LogP contribution >= 0.6 is 11.6 Å². The summed E-state index contributed by atoms with van der Waals surface area (Å²) < 4.78 is 0. The highest BCUT2D eigenvalue weighted by Gasteiger charge is 2.53. The third-order valence-electron chi connectivity index (χ3n) is 7.53. The summed E-state index contributed by atoms with van der Waals surface area (Å²) in [6.45, 7) is 2.56. The van der Waals surface area contributed by atoms with Gasteiger partial charge in [0.05, 0.1) is 28.8 Å². The van der Waals surface area contributed by atoms with Gasteiger partial charge in [0.1, 0.15) is 0 Å². The maximum Gasteiger partial charge on any atom is 0.263 e. The molecule has 2 aromatic carbocycles. The van der Waals surface area contributed by atoms with Crippen molar-refractivity contribution in [1.82, 2.24) is 14.8 Å². The number of benzene rings is 2. The number of anilines is 1. The Morgan fingerprint density at radius 1 is 0.889 bits per heavy atom. The van der Waals surface area contributed by atoms with E-state index in [0.29, 0.717) is 42.3 Å². The van der Waals surface area contributed by atoms with Gasteiger partial charge >= 0.3 is 0 Å². The third-order valence-corrected chi connectivity index (χ3v) is 7.78. The summed E-state index contributed by atoms with van der Waals surface area (Å²) in [5.41, 5.74) is 3.09. The Bertz CT molecular complexity index is 1350. The molecule has 0 N–H and O–H groups in total. The molecule has 0 unspecified atom stereocenters. The van der Waals surface area contributed by atoms with Gasteiger partial charge in [-0.15, -0.1) is 0 Å². The van der Waals surface area contributed by atoms with Crippen molar-refractivity contribution < 1.29 is 14.4 Å². The maximum atomic E-state index is 13.5. The average Bonchev–Trinajstić information content (AvgIpc) is 3.69. The topological polar surface area (TPSA) is 73.8 Å². The fourth-order valence-corrected chi connectivity index (χ4v) is 5.49. The lowest BCUT2D eigenvalue weighted by Gasteiger charge is -2.38. The second-order valence-electron chi connectivity index (χ2n) is 9.62. The number of hydrogen-bond donors (Lipinski definition) is 0. The van der Waals surface area contributed by atoms with Crippen LogP contribution in [-0.2, 0) is 16.8 Å². The van der Waals surface area contributed by atoms with Gasteiger partial charge in [0.2, 0.25) is 5.91 Å². The predicted octanol–water partition coefficient (Wildman–Crippen LogP) is 3.91. The predicted molar refractivity (Wildman–Crippen MR) is 136 cm³/mol. The van der Waals surface area contributed by atoms with Gasteiger partial charge in [-0.25, -0.2) is 0 Å². The zero-order chi connectivity index (χ0) is 24.9. The number of amides is 3. The molecule has 1 saturated heterocycles.